The number of anilines is 1. The Morgan fingerprint density at radius 3 is 2.64 bits per heavy atom. The van der Waals surface area contributed by atoms with Crippen molar-refractivity contribution in [1.82, 2.24) is 9.55 Å². The molecular formula is C17H19N3OS. The summed E-state index contributed by atoms with van der Waals surface area (Å²) in [6.45, 7) is 8.78. The van der Waals surface area contributed by atoms with Crippen molar-refractivity contribution in [1.29, 1.82) is 0 Å². The molecule has 3 aromatic rings. The molecule has 0 aliphatic rings. The number of benzene rings is 1. The number of thiazole rings is 1. The van der Waals surface area contributed by atoms with E-state index >= 15 is 0 Å². The average Bonchev–Trinajstić information content (AvgIpc) is 2.96. The normalized spacial score (nSPS) is 11.1. The van der Waals surface area contributed by atoms with Crippen molar-refractivity contribution in [3.63, 3.8) is 0 Å². The van der Waals surface area contributed by atoms with Crippen LogP contribution < -0.4 is 5.32 Å². The van der Waals surface area contributed by atoms with Gasteiger partial charge in [-0.15, -0.1) is 11.3 Å². The van der Waals surface area contributed by atoms with Crippen LogP contribution >= 0.6 is 11.3 Å². The molecule has 1 aromatic carbocycles. The largest absolute Gasteiger partial charge is 0.337 e. The molecule has 0 aliphatic heterocycles. The van der Waals surface area contributed by atoms with E-state index < -0.39 is 0 Å². The number of amides is 1. The first-order valence-corrected chi connectivity index (χ1v) is 8.17. The van der Waals surface area contributed by atoms with Gasteiger partial charge in [-0.3, -0.25) is 10.1 Å². The number of aryl methyl sites for hydroxylation is 4. The number of rotatable bonds is 3. The summed E-state index contributed by atoms with van der Waals surface area (Å²) in [4.78, 5) is 18.3. The topological polar surface area (TPSA) is 46.9 Å². The van der Waals surface area contributed by atoms with Crippen LogP contribution in [0.2, 0.25) is 0 Å². The fourth-order valence-corrected chi connectivity index (χ4v) is 3.59. The van der Waals surface area contributed by atoms with Gasteiger partial charge in [0.05, 0.1) is 5.69 Å². The van der Waals surface area contributed by atoms with Crippen LogP contribution in [0.4, 0.5) is 5.13 Å². The van der Waals surface area contributed by atoms with Gasteiger partial charge in [0, 0.05) is 22.3 Å². The highest BCUT2D eigenvalue weighted by Crippen LogP contribution is 2.27. The molecule has 0 fully saturated rings. The Bertz CT molecular complexity index is 841. The van der Waals surface area contributed by atoms with E-state index in [-0.39, 0.29) is 5.91 Å². The standard InChI is InChI=1S/C17H19N3OS/c1-5-20-14-9-7-6-8-13(14)10(2)15(20)16(21)19-17-18-11(3)12(4)22-17/h6-9H,5H2,1-4H3,(H,18,19,21). The smallest absolute Gasteiger partial charge is 0.274 e. The van der Waals surface area contributed by atoms with Gasteiger partial charge in [-0.25, -0.2) is 4.98 Å². The predicted molar refractivity (Wildman–Crippen MR) is 91.9 cm³/mol. The summed E-state index contributed by atoms with van der Waals surface area (Å²) in [6, 6.07) is 8.12. The minimum Gasteiger partial charge on any atom is -0.337 e. The van der Waals surface area contributed by atoms with Crippen molar-refractivity contribution in [3.8, 4) is 0 Å². The number of carbonyl (C=O) groups excluding carboxylic acids is 1. The Morgan fingerprint density at radius 1 is 1.27 bits per heavy atom. The number of nitrogens with one attached hydrogen (secondary N) is 1. The van der Waals surface area contributed by atoms with Crippen LogP contribution in [0.3, 0.4) is 0 Å². The average molecular weight is 313 g/mol. The lowest BCUT2D eigenvalue weighted by Crippen LogP contribution is -2.17. The van der Waals surface area contributed by atoms with Gasteiger partial charge in [0.1, 0.15) is 5.69 Å². The first-order chi connectivity index (χ1) is 10.5. The summed E-state index contributed by atoms with van der Waals surface area (Å²) in [5, 5.41) is 4.73. The monoisotopic (exact) mass is 313 g/mol. The third-order valence-electron chi connectivity index (χ3n) is 4.00. The van der Waals surface area contributed by atoms with Gasteiger partial charge in [0.15, 0.2) is 5.13 Å². The molecule has 5 heteroatoms. The highest BCUT2D eigenvalue weighted by Gasteiger charge is 2.20. The molecule has 0 saturated heterocycles. The van der Waals surface area contributed by atoms with Gasteiger partial charge < -0.3 is 4.57 Å². The Kier molecular flexibility index (Phi) is 3.74. The summed E-state index contributed by atoms with van der Waals surface area (Å²) in [7, 11) is 0. The molecular weight excluding hydrogens is 294 g/mol. The molecule has 0 aliphatic carbocycles. The second-order valence-corrected chi connectivity index (χ2v) is 6.55. The zero-order chi connectivity index (χ0) is 15.9. The highest BCUT2D eigenvalue weighted by molar-refractivity contribution is 7.15. The van der Waals surface area contributed by atoms with Crippen LogP contribution in [0.15, 0.2) is 24.3 Å². The molecule has 1 amide bonds. The van der Waals surface area contributed by atoms with Crippen LogP contribution in [-0.2, 0) is 6.54 Å². The predicted octanol–water partition coefficient (Wildman–Crippen LogP) is 4.30. The molecule has 114 valence electrons. The van der Waals surface area contributed by atoms with Crippen LogP contribution in [0.25, 0.3) is 10.9 Å². The fourth-order valence-electron chi connectivity index (χ4n) is 2.78. The maximum absolute atomic E-state index is 12.7. The minimum absolute atomic E-state index is 0.0932. The lowest BCUT2D eigenvalue weighted by molar-refractivity contribution is 0.101. The van der Waals surface area contributed by atoms with Gasteiger partial charge in [0.2, 0.25) is 0 Å². The summed E-state index contributed by atoms with van der Waals surface area (Å²) >= 11 is 1.51. The molecule has 1 N–H and O–H groups in total. The number of fused-ring (bicyclic) bond motifs is 1. The Balaban J connectivity index is 2.05. The molecule has 0 spiro atoms. The second kappa shape index (κ2) is 5.57. The van der Waals surface area contributed by atoms with E-state index in [4.69, 9.17) is 0 Å². The van der Waals surface area contributed by atoms with E-state index in [1.807, 2.05) is 32.9 Å². The van der Waals surface area contributed by atoms with E-state index in [1.54, 1.807) is 0 Å². The van der Waals surface area contributed by atoms with Crippen molar-refractivity contribution >= 4 is 33.3 Å². The van der Waals surface area contributed by atoms with Crippen LogP contribution in [-0.4, -0.2) is 15.5 Å². The fraction of sp³-hybridized carbons (Fsp3) is 0.294. The van der Waals surface area contributed by atoms with Crippen molar-refractivity contribution in [3.05, 3.63) is 46.1 Å². The zero-order valence-corrected chi connectivity index (χ0v) is 14.0. The van der Waals surface area contributed by atoms with Crippen LogP contribution in [0.1, 0.15) is 33.5 Å². The lowest BCUT2D eigenvalue weighted by atomic mass is 10.1. The molecule has 0 bridgehead atoms. The molecule has 22 heavy (non-hydrogen) atoms. The number of carbonyl (C=O) groups is 1. The van der Waals surface area contributed by atoms with E-state index in [2.05, 4.69) is 33.9 Å². The zero-order valence-electron chi connectivity index (χ0n) is 13.2. The van der Waals surface area contributed by atoms with Gasteiger partial charge in [0.25, 0.3) is 5.91 Å². The summed E-state index contributed by atoms with van der Waals surface area (Å²) in [6.07, 6.45) is 0. The van der Waals surface area contributed by atoms with Gasteiger partial charge in [-0.1, -0.05) is 18.2 Å². The number of para-hydroxylation sites is 1. The molecule has 2 heterocycles. The maximum atomic E-state index is 12.7. The molecule has 0 radical (unpaired) electrons. The molecule has 4 nitrogen and oxygen atoms in total. The number of hydrogen-bond donors (Lipinski definition) is 1. The summed E-state index contributed by atoms with van der Waals surface area (Å²) in [5.41, 5.74) is 3.79. The first kappa shape index (κ1) is 14.8. The maximum Gasteiger partial charge on any atom is 0.274 e. The van der Waals surface area contributed by atoms with Crippen LogP contribution in [0, 0.1) is 20.8 Å². The Labute approximate surface area is 133 Å². The molecule has 0 saturated carbocycles. The number of hydrogen-bond acceptors (Lipinski definition) is 3. The SMILES string of the molecule is CCn1c(C(=O)Nc2nc(C)c(C)s2)c(C)c2ccccc21. The van der Waals surface area contributed by atoms with E-state index in [0.717, 1.165) is 33.6 Å². The number of aromatic nitrogens is 2. The van der Waals surface area contributed by atoms with Gasteiger partial charge in [-0.2, -0.15) is 0 Å². The summed E-state index contributed by atoms with van der Waals surface area (Å²) < 4.78 is 2.06. The molecule has 0 atom stereocenters. The highest BCUT2D eigenvalue weighted by atomic mass is 32.1. The second-order valence-electron chi connectivity index (χ2n) is 5.35. The third-order valence-corrected chi connectivity index (χ3v) is 4.99. The minimum atomic E-state index is -0.0932. The lowest BCUT2D eigenvalue weighted by Gasteiger charge is -2.08. The third kappa shape index (κ3) is 2.31. The molecule has 0 unspecified atom stereocenters. The molecule has 3 rings (SSSR count). The van der Waals surface area contributed by atoms with Crippen molar-refractivity contribution < 1.29 is 4.79 Å². The van der Waals surface area contributed by atoms with E-state index in [0.29, 0.717) is 10.8 Å². The van der Waals surface area contributed by atoms with E-state index in [1.165, 1.54) is 11.3 Å². The molecule has 2 aromatic heterocycles. The van der Waals surface area contributed by atoms with Crippen LogP contribution in [0.5, 0.6) is 0 Å². The van der Waals surface area contributed by atoms with Crippen molar-refractivity contribution in [2.45, 2.75) is 34.2 Å². The van der Waals surface area contributed by atoms with Crippen molar-refractivity contribution in [2.24, 2.45) is 0 Å². The van der Waals surface area contributed by atoms with E-state index in [9.17, 15) is 4.79 Å². The Hall–Kier alpha value is -2.14. The van der Waals surface area contributed by atoms with Gasteiger partial charge in [-0.05, 0) is 39.3 Å². The van der Waals surface area contributed by atoms with Gasteiger partial charge >= 0.3 is 0 Å². The number of nitrogens with zero attached hydrogens (tertiary/aromatic N) is 2. The first-order valence-electron chi connectivity index (χ1n) is 7.36. The Morgan fingerprint density at radius 2 is 2.00 bits per heavy atom. The quantitative estimate of drug-likeness (QED) is 0.784. The summed E-state index contributed by atoms with van der Waals surface area (Å²) in [5.74, 6) is -0.0932. The van der Waals surface area contributed by atoms with Crippen molar-refractivity contribution in [2.75, 3.05) is 5.32 Å².